The van der Waals surface area contributed by atoms with E-state index < -0.39 is 5.97 Å². The van der Waals surface area contributed by atoms with E-state index in [-0.39, 0.29) is 5.56 Å². The molecule has 1 N–H and O–H groups in total. The number of benzene rings is 2. The minimum Gasteiger partial charge on any atom is -0.478 e. The van der Waals surface area contributed by atoms with Crippen molar-refractivity contribution in [3.63, 3.8) is 0 Å². The molecule has 0 aliphatic rings. The van der Waals surface area contributed by atoms with E-state index in [1.54, 1.807) is 28.9 Å². The Hall–Kier alpha value is -3.46. The van der Waals surface area contributed by atoms with Gasteiger partial charge in [-0.2, -0.15) is 5.26 Å². The fraction of sp³-hybridized carbons (Fsp3) is 0.111. The van der Waals surface area contributed by atoms with E-state index in [0.717, 1.165) is 16.8 Å². The average molecular weight is 318 g/mol. The van der Waals surface area contributed by atoms with Gasteiger partial charge in [0.05, 0.1) is 17.8 Å². The lowest BCUT2D eigenvalue weighted by atomic mass is 10.1. The first-order valence-electron chi connectivity index (χ1n) is 7.36. The Kier molecular flexibility index (Phi) is 4.34. The van der Waals surface area contributed by atoms with Crippen molar-refractivity contribution in [2.45, 2.75) is 13.0 Å². The van der Waals surface area contributed by atoms with Gasteiger partial charge in [-0.1, -0.05) is 47.7 Å². The quantitative estimate of drug-likeness (QED) is 0.780. The van der Waals surface area contributed by atoms with Crippen LogP contribution in [0.2, 0.25) is 0 Å². The van der Waals surface area contributed by atoms with E-state index in [2.05, 4.69) is 16.4 Å². The standard InChI is InChI=1S/C18H14N4O2/c19-11-16-17(10-13-4-2-1-3-5-13)22(21-20-16)12-14-6-8-15(9-7-14)18(23)24/h1-9H,10,12H2,(H,23,24). The van der Waals surface area contributed by atoms with Gasteiger partial charge in [0.15, 0.2) is 5.69 Å². The van der Waals surface area contributed by atoms with Gasteiger partial charge in [0.25, 0.3) is 0 Å². The molecule has 3 rings (SSSR count). The molecule has 0 atom stereocenters. The fourth-order valence-corrected chi connectivity index (χ4v) is 2.44. The van der Waals surface area contributed by atoms with E-state index in [1.165, 1.54) is 0 Å². The van der Waals surface area contributed by atoms with Gasteiger partial charge in [0.1, 0.15) is 6.07 Å². The maximum absolute atomic E-state index is 10.9. The number of hydrogen-bond acceptors (Lipinski definition) is 4. The zero-order valence-corrected chi connectivity index (χ0v) is 12.8. The van der Waals surface area contributed by atoms with Crippen LogP contribution >= 0.6 is 0 Å². The Morgan fingerprint density at radius 2 is 1.79 bits per heavy atom. The van der Waals surface area contributed by atoms with E-state index in [4.69, 9.17) is 5.11 Å². The summed E-state index contributed by atoms with van der Waals surface area (Å²) in [5.41, 5.74) is 3.24. The lowest BCUT2D eigenvalue weighted by molar-refractivity contribution is 0.0697. The molecule has 0 amide bonds. The number of nitriles is 1. The van der Waals surface area contributed by atoms with E-state index in [9.17, 15) is 10.1 Å². The highest BCUT2D eigenvalue weighted by Gasteiger charge is 2.13. The topological polar surface area (TPSA) is 91.8 Å². The monoisotopic (exact) mass is 318 g/mol. The van der Waals surface area contributed by atoms with Crippen LogP contribution in [0.25, 0.3) is 0 Å². The summed E-state index contributed by atoms with van der Waals surface area (Å²) in [4.78, 5) is 10.9. The number of carbonyl (C=O) groups is 1. The summed E-state index contributed by atoms with van der Waals surface area (Å²) in [5.74, 6) is -0.959. The van der Waals surface area contributed by atoms with Crippen molar-refractivity contribution in [2.75, 3.05) is 0 Å². The molecule has 6 nitrogen and oxygen atoms in total. The van der Waals surface area contributed by atoms with E-state index in [1.807, 2.05) is 30.3 Å². The highest BCUT2D eigenvalue weighted by Crippen LogP contribution is 2.14. The Labute approximate surface area is 138 Å². The summed E-state index contributed by atoms with van der Waals surface area (Å²) in [6.07, 6.45) is 0.559. The smallest absolute Gasteiger partial charge is 0.335 e. The first-order chi connectivity index (χ1) is 11.7. The van der Waals surface area contributed by atoms with Crippen molar-refractivity contribution in [1.29, 1.82) is 5.26 Å². The van der Waals surface area contributed by atoms with Gasteiger partial charge in [0, 0.05) is 6.42 Å². The molecule has 0 radical (unpaired) electrons. The number of nitrogens with zero attached hydrogens (tertiary/aromatic N) is 4. The van der Waals surface area contributed by atoms with Gasteiger partial charge in [-0.25, -0.2) is 9.48 Å². The molecule has 2 aromatic carbocycles. The second kappa shape index (κ2) is 6.75. The zero-order valence-electron chi connectivity index (χ0n) is 12.8. The summed E-state index contributed by atoms with van der Waals surface area (Å²) in [6, 6.07) is 18.5. The van der Waals surface area contributed by atoms with Crippen LogP contribution in [0.15, 0.2) is 54.6 Å². The third kappa shape index (κ3) is 3.31. The summed E-state index contributed by atoms with van der Waals surface area (Å²) < 4.78 is 1.68. The Bertz CT molecular complexity index is 893. The van der Waals surface area contributed by atoms with E-state index >= 15 is 0 Å². The normalized spacial score (nSPS) is 10.3. The van der Waals surface area contributed by atoms with Crippen LogP contribution in [0.3, 0.4) is 0 Å². The molecule has 0 fully saturated rings. The highest BCUT2D eigenvalue weighted by atomic mass is 16.4. The van der Waals surface area contributed by atoms with E-state index in [0.29, 0.717) is 18.7 Å². The minimum atomic E-state index is -0.959. The maximum Gasteiger partial charge on any atom is 0.335 e. The third-order valence-electron chi connectivity index (χ3n) is 3.69. The average Bonchev–Trinajstić information content (AvgIpc) is 2.98. The number of aromatic nitrogens is 3. The molecule has 118 valence electrons. The van der Waals surface area contributed by atoms with Gasteiger partial charge in [0.2, 0.25) is 0 Å². The molecular formula is C18H14N4O2. The first kappa shape index (κ1) is 15.4. The van der Waals surface area contributed by atoms with Crippen LogP contribution in [0, 0.1) is 11.3 Å². The molecule has 0 saturated heterocycles. The number of rotatable bonds is 5. The van der Waals surface area contributed by atoms with Gasteiger partial charge in [-0.15, -0.1) is 5.10 Å². The molecule has 3 aromatic rings. The van der Waals surface area contributed by atoms with Gasteiger partial charge in [-0.05, 0) is 23.3 Å². The third-order valence-corrected chi connectivity index (χ3v) is 3.69. The fourth-order valence-electron chi connectivity index (χ4n) is 2.44. The summed E-state index contributed by atoms with van der Waals surface area (Å²) in [7, 11) is 0. The molecule has 0 bridgehead atoms. The lowest BCUT2D eigenvalue weighted by Crippen LogP contribution is -2.08. The Balaban J connectivity index is 1.87. The number of aromatic carboxylic acids is 1. The van der Waals surface area contributed by atoms with Crippen molar-refractivity contribution >= 4 is 5.97 Å². The molecule has 1 heterocycles. The molecule has 24 heavy (non-hydrogen) atoms. The predicted octanol–water partition coefficient (Wildman–Crippen LogP) is 2.49. The maximum atomic E-state index is 10.9. The predicted molar refractivity (Wildman–Crippen MR) is 86.5 cm³/mol. The Morgan fingerprint density at radius 1 is 1.08 bits per heavy atom. The zero-order chi connectivity index (χ0) is 16.9. The van der Waals surface area contributed by atoms with Crippen LogP contribution in [0.5, 0.6) is 0 Å². The van der Waals surface area contributed by atoms with Crippen LogP contribution in [0.4, 0.5) is 0 Å². The second-order valence-electron chi connectivity index (χ2n) is 5.32. The van der Waals surface area contributed by atoms with Gasteiger partial charge in [-0.3, -0.25) is 0 Å². The van der Waals surface area contributed by atoms with Crippen LogP contribution in [0.1, 0.15) is 32.9 Å². The molecule has 0 unspecified atom stereocenters. The largest absolute Gasteiger partial charge is 0.478 e. The first-order valence-corrected chi connectivity index (χ1v) is 7.36. The molecule has 6 heteroatoms. The summed E-state index contributed by atoms with van der Waals surface area (Å²) >= 11 is 0. The van der Waals surface area contributed by atoms with Crippen molar-refractivity contribution in [3.05, 3.63) is 82.7 Å². The van der Waals surface area contributed by atoms with Gasteiger partial charge < -0.3 is 5.11 Å². The molecule has 0 aliphatic carbocycles. The molecule has 0 saturated carbocycles. The van der Waals surface area contributed by atoms with Crippen molar-refractivity contribution in [2.24, 2.45) is 0 Å². The number of carboxylic acids is 1. The van der Waals surface area contributed by atoms with Crippen molar-refractivity contribution < 1.29 is 9.90 Å². The molecule has 1 aromatic heterocycles. The number of carboxylic acid groups (broad SMARTS) is 1. The Morgan fingerprint density at radius 3 is 2.42 bits per heavy atom. The molecule has 0 spiro atoms. The van der Waals surface area contributed by atoms with Gasteiger partial charge >= 0.3 is 5.97 Å². The minimum absolute atomic E-state index is 0.236. The van der Waals surface area contributed by atoms with Crippen LogP contribution in [-0.4, -0.2) is 26.1 Å². The summed E-state index contributed by atoms with van der Waals surface area (Å²) in [6.45, 7) is 0.427. The SMILES string of the molecule is N#Cc1nnn(Cc2ccc(C(=O)O)cc2)c1Cc1ccccc1. The highest BCUT2D eigenvalue weighted by molar-refractivity contribution is 5.87. The second-order valence-corrected chi connectivity index (χ2v) is 5.32. The van der Waals surface area contributed by atoms with Crippen molar-refractivity contribution in [1.82, 2.24) is 15.0 Å². The molecule has 0 aliphatic heterocycles. The lowest BCUT2D eigenvalue weighted by Gasteiger charge is -2.07. The summed E-state index contributed by atoms with van der Waals surface area (Å²) in [5, 5.41) is 26.2. The van der Waals surface area contributed by atoms with Crippen LogP contribution in [-0.2, 0) is 13.0 Å². The number of hydrogen-bond donors (Lipinski definition) is 1. The molecular weight excluding hydrogens is 304 g/mol. The van der Waals surface area contributed by atoms with Crippen molar-refractivity contribution in [3.8, 4) is 6.07 Å². The van der Waals surface area contributed by atoms with Crippen LogP contribution < -0.4 is 0 Å².